The van der Waals surface area contributed by atoms with E-state index < -0.39 is 0 Å². The second kappa shape index (κ2) is 8.17. The van der Waals surface area contributed by atoms with Crippen molar-refractivity contribution in [3.63, 3.8) is 0 Å². The molecule has 0 saturated heterocycles. The zero-order valence-electron chi connectivity index (χ0n) is 11.5. The van der Waals surface area contributed by atoms with Gasteiger partial charge in [0.25, 0.3) is 0 Å². The summed E-state index contributed by atoms with van der Waals surface area (Å²) in [7, 11) is 0. The van der Waals surface area contributed by atoms with Gasteiger partial charge in [-0.25, -0.2) is 4.79 Å². The number of amides is 2. The third-order valence-corrected chi connectivity index (χ3v) is 2.93. The van der Waals surface area contributed by atoms with E-state index in [1.165, 1.54) is 0 Å². The number of halogens is 1. The molecule has 0 heterocycles. The molecule has 0 aliphatic heterocycles. The number of ether oxygens (including phenoxy) is 1. The van der Waals surface area contributed by atoms with E-state index in [4.69, 9.17) is 16.3 Å². The van der Waals surface area contributed by atoms with Gasteiger partial charge >= 0.3 is 6.03 Å². The first-order valence-electron chi connectivity index (χ1n) is 6.65. The summed E-state index contributed by atoms with van der Waals surface area (Å²) < 4.78 is 5.67. The molecule has 110 valence electrons. The average molecular weight is 305 g/mol. The molecule has 0 spiro atoms. The maximum atomic E-state index is 11.5. The van der Waals surface area contributed by atoms with Crippen LogP contribution in [0, 0.1) is 0 Å². The number of nitrogens with one attached hydrogen (secondary N) is 2. The second-order valence-corrected chi connectivity index (χ2v) is 4.75. The summed E-state index contributed by atoms with van der Waals surface area (Å²) >= 11 is 5.50. The summed E-state index contributed by atoms with van der Waals surface area (Å²) in [6.45, 7) is 0.954. The topological polar surface area (TPSA) is 50.4 Å². The number of rotatable bonds is 6. The van der Waals surface area contributed by atoms with Gasteiger partial charge in [-0.2, -0.15) is 0 Å². The molecule has 2 aromatic rings. The van der Waals surface area contributed by atoms with Gasteiger partial charge < -0.3 is 15.4 Å². The highest BCUT2D eigenvalue weighted by atomic mass is 35.5. The van der Waals surface area contributed by atoms with Gasteiger partial charge in [0.2, 0.25) is 0 Å². The van der Waals surface area contributed by atoms with Gasteiger partial charge in [-0.15, -0.1) is 11.6 Å². The molecular formula is C16H17ClN2O2. The van der Waals surface area contributed by atoms with Crippen LogP contribution in [0.25, 0.3) is 0 Å². The normalized spacial score (nSPS) is 9.95. The van der Waals surface area contributed by atoms with Crippen molar-refractivity contribution in [2.75, 3.05) is 17.7 Å². The van der Waals surface area contributed by atoms with E-state index in [9.17, 15) is 4.79 Å². The van der Waals surface area contributed by atoms with Crippen LogP contribution in [0.1, 0.15) is 5.56 Å². The average Bonchev–Trinajstić information content (AvgIpc) is 2.53. The van der Waals surface area contributed by atoms with Crippen molar-refractivity contribution in [1.82, 2.24) is 5.32 Å². The summed E-state index contributed by atoms with van der Waals surface area (Å²) in [5.74, 6) is 1.14. The Morgan fingerprint density at radius 2 is 1.76 bits per heavy atom. The number of benzene rings is 2. The quantitative estimate of drug-likeness (QED) is 0.801. The number of carbonyl (C=O) groups excluding carboxylic acids is 1. The molecule has 0 fully saturated rings. The van der Waals surface area contributed by atoms with Crippen molar-refractivity contribution in [3.8, 4) is 5.75 Å². The van der Waals surface area contributed by atoms with E-state index >= 15 is 0 Å². The first-order valence-corrected chi connectivity index (χ1v) is 7.19. The van der Waals surface area contributed by atoms with Crippen LogP contribution in [0.15, 0.2) is 54.6 Å². The number of anilines is 1. The zero-order valence-corrected chi connectivity index (χ0v) is 12.3. The zero-order chi connectivity index (χ0) is 14.9. The van der Waals surface area contributed by atoms with E-state index in [1.807, 2.05) is 42.5 Å². The molecule has 0 unspecified atom stereocenters. The molecule has 0 aliphatic rings. The fourth-order valence-electron chi connectivity index (χ4n) is 1.71. The minimum Gasteiger partial charge on any atom is -0.489 e. The lowest BCUT2D eigenvalue weighted by Gasteiger charge is -2.09. The number of alkyl halides is 1. The summed E-state index contributed by atoms with van der Waals surface area (Å²) in [5.41, 5.74) is 1.81. The van der Waals surface area contributed by atoms with Crippen LogP contribution in [0.4, 0.5) is 10.5 Å². The monoisotopic (exact) mass is 304 g/mol. The fraction of sp³-hybridized carbons (Fsp3) is 0.188. The summed E-state index contributed by atoms with van der Waals surface area (Å²) in [6.07, 6.45) is 0. The molecule has 5 heteroatoms. The minimum atomic E-state index is -0.270. The van der Waals surface area contributed by atoms with E-state index in [1.54, 1.807) is 12.1 Å². The molecule has 2 amide bonds. The van der Waals surface area contributed by atoms with Gasteiger partial charge in [-0.05, 0) is 29.8 Å². The lowest BCUT2D eigenvalue weighted by Crippen LogP contribution is -2.30. The summed E-state index contributed by atoms with van der Waals surface area (Å²) in [5, 5.41) is 5.34. The van der Waals surface area contributed by atoms with Crippen molar-refractivity contribution in [2.45, 2.75) is 6.61 Å². The second-order valence-electron chi connectivity index (χ2n) is 4.37. The van der Waals surface area contributed by atoms with Gasteiger partial charge in [0.05, 0.1) is 0 Å². The number of carbonyl (C=O) groups is 1. The van der Waals surface area contributed by atoms with Gasteiger partial charge in [-0.3, -0.25) is 0 Å². The molecular weight excluding hydrogens is 288 g/mol. The van der Waals surface area contributed by atoms with Crippen molar-refractivity contribution in [2.24, 2.45) is 0 Å². The highest BCUT2D eigenvalue weighted by Crippen LogP contribution is 2.17. The van der Waals surface area contributed by atoms with E-state index in [0.717, 1.165) is 11.3 Å². The van der Waals surface area contributed by atoms with Crippen molar-refractivity contribution < 1.29 is 9.53 Å². The molecule has 2 rings (SSSR count). The Morgan fingerprint density at radius 3 is 2.43 bits per heavy atom. The first-order chi connectivity index (χ1) is 10.3. The van der Waals surface area contributed by atoms with Crippen molar-refractivity contribution >= 4 is 23.3 Å². The molecule has 0 aromatic heterocycles. The predicted octanol–water partition coefficient (Wildman–Crippen LogP) is 3.63. The summed E-state index contributed by atoms with van der Waals surface area (Å²) in [6, 6.07) is 16.9. The number of urea groups is 1. The van der Waals surface area contributed by atoms with Gasteiger partial charge in [-0.1, -0.05) is 30.3 Å². The number of hydrogen-bond donors (Lipinski definition) is 2. The first kappa shape index (κ1) is 15.2. The lowest BCUT2D eigenvalue weighted by atomic mass is 10.2. The van der Waals surface area contributed by atoms with E-state index in [-0.39, 0.29) is 6.03 Å². The summed E-state index contributed by atoms with van der Waals surface area (Å²) in [4.78, 5) is 11.5. The molecule has 0 atom stereocenters. The standard InChI is InChI=1S/C16H17ClN2O2/c17-10-11-18-16(20)19-14-6-8-15(9-7-14)21-12-13-4-2-1-3-5-13/h1-9H,10-12H2,(H2,18,19,20). The fourth-order valence-corrected chi connectivity index (χ4v) is 1.81. The van der Waals surface area contributed by atoms with Crippen LogP contribution in [-0.4, -0.2) is 18.5 Å². The largest absolute Gasteiger partial charge is 0.489 e. The van der Waals surface area contributed by atoms with Crippen molar-refractivity contribution in [1.29, 1.82) is 0 Å². The molecule has 4 nitrogen and oxygen atoms in total. The van der Waals surface area contributed by atoms with Crippen LogP contribution in [0.5, 0.6) is 5.75 Å². The third kappa shape index (κ3) is 5.36. The maximum absolute atomic E-state index is 11.5. The predicted molar refractivity (Wildman–Crippen MR) is 85.0 cm³/mol. The Hall–Kier alpha value is -2.20. The Balaban J connectivity index is 1.83. The Bertz CT molecular complexity index is 558. The van der Waals surface area contributed by atoms with Crippen LogP contribution in [0.2, 0.25) is 0 Å². The van der Waals surface area contributed by atoms with Crippen LogP contribution < -0.4 is 15.4 Å². The van der Waals surface area contributed by atoms with Crippen LogP contribution in [-0.2, 0) is 6.61 Å². The van der Waals surface area contributed by atoms with Crippen LogP contribution in [0.3, 0.4) is 0 Å². The molecule has 0 aliphatic carbocycles. The van der Waals surface area contributed by atoms with Gasteiger partial charge in [0.15, 0.2) is 0 Å². The number of hydrogen-bond acceptors (Lipinski definition) is 2. The molecule has 0 bridgehead atoms. The Kier molecular flexibility index (Phi) is 5.91. The minimum absolute atomic E-state index is 0.270. The molecule has 2 aromatic carbocycles. The van der Waals surface area contributed by atoms with Crippen molar-refractivity contribution in [3.05, 3.63) is 60.2 Å². The molecule has 0 radical (unpaired) electrons. The smallest absolute Gasteiger partial charge is 0.319 e. The van der Waals surface area contributed by atoms with Gasteiger partial charge in [0.1, 0.15) is 12.4 Å². The third-order valence-electron chi connectivity index (χ3n) is 2.74. The highest BCUT2D eigenvalue weighted by Gasteiger charge is 2.01. The van der Waals surface area contributed by atoms with Crippen LogP contribution >= 0.6 is 11.6 Å². The SMILES string of the molecule is O=C(NCCCl)Nc1ccc(OCc2ccccc2)cc1. The Morgan fingerprint density at radius 1 is 1.05 bits per heavy atom. The van der Waals surface area contributed by atoms with Gasteiger partial charge in [0, 0.05) is 18.1 Å². The molecule has 0 saturated carbocycles. The maximum Gasteiger partial charge on any atom is 0.319 e. The molecule has 2 N–H and O–H groups in total. The molecule has 21 heavy (non-hydrogen) atoms. The van der Waals surface area contributed by atoms with E-state index in [0.29, 0.717) is 24.7 Å². The van der Waals surface area contributed by atoms with E-state index in [2.05, 4.69) is 10.6 Å². The Labute approximate surface area is 129 Å². The lowest BCUT2D eigenvalue weighted by molar-refractivity contribution is 0.252. The highest BCUT2D eigenvalue weighted by molar-refractivity contribution is 6.18.